The molecule has 26 heavy (non-hydrogen) atoms. The number of hydrogen-bond acceptors (Lipinski definition) is 5. The van der Waals surface area contributed by atoms with Gasteiger partial charge in [0.15, 0.2) is 0 Å². The molecule has 0 spiro atoms. The van der Waals surface area contributed by atoms with E-state index >= 15 is 0 Å². The topological polar surface area (TPSA) is 114 Å². The standard InChI is InChI=1S/C17H15BrN4O4/c18-14-3-1-2-4-15(14)20-16(23)9-10-17(24)21-19-11-12-5-7-13(8-6-12)22(25)26/h1-8,11H,9-10H2,(H,20,23)(H,21,24)/b19-11+. The summed E-state index contributed by atoms with van der Waals surface area (Å²) < 4.78 is 0.755. The molecule has 0 fully saturated rings. The summed E-state index contributed by atoms with van der Waals surface area (Å²) in [6.45, 7) is 0. The number of nitro groups is 1. The monoisotopic (exact) mass is 418 g/mol. The van der Waals surface area contributed by atoms with Crippen molar-refractivity contribution in [2.45, 2.75) is 12.8 Å². The van der Waals surface area contributed by atoms with Gasteiger partial charge in [0, 0.05) is 29.4 Å². The van der Waals surface area contributed by atoms with Gasteiger partial charge in [-0.3, -0.25) is 19.7 Å². The second-order valence-corrected chi connectivity index (χ2v) is 6.02. The largest absolute Gasteiger partial charge is 0.325 e. The number of amides is 2. The summed E-state index contributed by atoms with van der Waals surface area (Å²) >= 11 is 3.32. The first kappa shape index (κ1) is 19.3. The quantitative estimate of drug-likeness (QED) is 0.408. The van der Waals surface area contributed by atoms with Gasteiger partial charge >= 0.3 is 0 Å². The van der Waals surface area contributed by atoms with Gasteiger partial charge < -0.3 is 5.32 Å². The van der Waals surface area contributed by atoms with Crippen LogP contribution in [0.1, 0.15) is 18.4 Å². The van der Waals surface area contributed by atoms with Gasteiger partial charge in [-0.05, 0) is 45.8 Å². The minimum absolute atomic E-state index is 0.0141. The number of carbonyl (C=O) groups excluding carboxylic acids is 2. The Kier molecular flexibility index (Phi) is 6.98. The molecule has 2 aromatic rings. The van der Waals surface area contributed by atoms with Gasteiger partial charge in [0.25, 0.3) is 5.69 Å². The molecule has 8 nitrogen and oxygen atoms in total. The fourth-order valence-electron chi connectivity index (χ4n) is 1.92. The maximum absolute atomic E-state index is 11.8. The lowest BCUT2D eigenvalue weighted by molar-refractivity contribution is -0.384. The molecule has 0 bridgehead atoms. The number of rotatable bonds is 7. The molecule has 0 saturated heterocycles. The summed E-state index contributed by atoms with van der Waals surface area (Å²) in [6, 6.07) is 12.9. The van der Waals surface area contributed by atoms with E-state index in [4.69, 9.17) is 0 Å². The van der Waals surface area contributed by atoms with Crippen molar-refractivity contribution in [2.24, 2.45) is 5.10 Å². The van der Waals surface area contributed by atoms with Crippen molar-refractivity contribution in [2.75, 3.05) is 5.32 Å². The van der Waals surface area contributed by atoms with Crippen LogP contribution >= 0.6 is 15.9 Å². The number of benzene rings is 2. The normalized spacial score (nSPS) is 10.5. The summed E-state index contributed by atoms with van der Waals surface area (Å²) in [5.74, 6) is -0.697. The lowest BCUT2D eigenvalue weighted by atomic mass is 10.2. The second-order valence-electron chi connectivity index (χ2n) is 5.17. The second kappa shape index (κ2) is 9.42. The molecule has 2 N–H and O–H groups in total. The van der Waals surface area contributed by atoms with Crippen LogP contribution < -0.4 is 10.7 Å². The Hall–Kier alpha value is -3.07. The van der Waals surface area contributed by atoms with Crippen LogP contribution in [0.4, 0.5) is 11.4 Å². The number of nitrogens with zero attached hydrogens (tertiary/aromatic N) is 2. The first-order chi connectivity index (χ1) is 12.5. The van der Waals surface area contributed by atoms with E-state index < -0.39 is 10.8 Å². The molecule has 9 heteroatoms. The molecule has 2 aromatic carbocycles. The molecule has 0 atom stereocenters. The first-order valence-electron chi connectivity index (χ1n) is 7.56. The van der Waals surface area contributed by atoms with Crippen molar-refractivity contribution >= 4 is 45.3 Å². The third-order valence-corrected chi connectivity index (χ3v) is 3.93. The fraction of sp³-hybridized carbons (Fsp3) is 0.118. The highest BCUT2D eigenvalue weighted by atomic mass is 79.9. The fourth-order valence-corrected chi connectivity index (χ4v) is 2.30. The summed E-state index contributed by atoms with van der Waals surface area (Å²) in [5, 5.41) is 17.0. The van der Waals surface area contributed by atoms with Crippen LogP contribution in [0.25, 0.3) is 0 Å². The summed E-state index contributed by atoms with van der Waals surface area (Å²) in [5.41, 5.74) is 3.51. The molecule has 2 amide bonds. The Morgan fingerprint density at radius 1 is 1.08 bits per heavy atom. The van der Waals surface area contributed by atoms with Crippen LogP contribution in [-0.4, -0.2) is 23.0 Å². The number of anilines is 1. The van der Waals surface area contributed by atoms with Crippen LogP contribution in [0.5, 0.6) is 0 Å². The maximum Gasteiger partial charge on any atom is 0.269 e. The van der Waals surface area contributed by atoms with E-state index in [0.29, 0.717) is 11.3 Å². The highest BCUT2D eigenvalue weighted by Crippen LogP contribution is 2.21. The number of nitro benzene ring substituents is 1. The summed E-state index contributed by atoms with van der Waals surface area (Å²) in [7, 11) is 0. The van der Waals surface area contributed by atoms with Crippen LogP contribution in [0.2, 0.25) is 0 Å². The third kappa shape index (κ3) is 6.10. The molecule has 0 aliphatic rings. The molecule has 0 radical (unpaired) electrons. The zero-order valence-corrected chi connectivity index (χ0v) is 15.1. The van der Waals surface area contributed by atoms with Gasteiger partial charge in [-0.15, -0.1) is 0 Å². The first-order valence-corrected chi connectivity index (χ1v) is 8.36. The highest BCUT2D eigenvalue weighted by Gasteiger charge is 2.08. The molecule has 134 valence electrons. The van der Waals surface area contributed by atoms with Crippen molar-refractivity contribution in [1.82, 2.24) is 5.43 Å². The van der Waals surface area contributed by atoms with Gasteiger partial charge in [-0.1, -0.05) is 12.1 Å². The van der Waals surface area contributed by atoms with Crippen molar-refractivity contribution in [3.05, 3.63) is 68.7 Å². The molecule has 2 rings (SSSR count). The predicted molar refractivity (Wildman–Crippen MR) is 101 cm³/mol. The van der Waals surface area contributed by atoms with E-state index in [1.807, 2.05) is 6.07 Å². The van der Waals surface area contributed by atoms with E-state index in [9.17, 15) is 19.7 Å². The van der Waals surface area contributed by atoms with E-state index in [2.05, 4.69) is 31.8 Å². The molecule has 0 aliphatic heterocycles. The zero-order valence-electron chi connectivity index (χ0n) is 13.5. The Labute approximate surface area is 157 Å². The third-order valence-electron chi connectivity index (χ3n) is 3.23. The number of nitrogens with one attached hydrogen (secondary N) is 2. The minimum atomic E-state index is -0.498. The van der Waals surface area contributed by atoms with Gasteiger partial charge in [0.1, 0.15) is 0 Å². The van der Waals surface area contributed by atoms with E-state index in [1.54, 1.807) is 18.2 Å². The SMILES string of the molecule is O=C(CCC(=O)Nc1ccccc1Br)N/N=C/c1ccc([N+](=O)[O-])cc1. The number of halogens is 1. The summed E-state index contributed by atoms with van der Waals surface area (Å²) in [6.07, 6.45) is 1.36. The van der Waals surface area contributed by atoms with Crippen molar-refractivity contribution in [3.63, 3.8) is 0 Å². The maximum atomic E-state index is 11.8. The van der Waals surface area contributed by atoms with Crippen LogP contribution in [0, 0.1) is 10.1 Å². The van der Waals surface area contributed by atoms with Crippen LogP contribution in [0.3, 0.4) is 0 Å². The molecule has 0 aromatic heterocycles. The Morgan fingerprint density at radius 2 is 1.73 bits per heavy atom. The lowest BCUT2D eigenvalue weighted by Gasteiger charge is -2.06. The van der Waals surface area contributed by atoms with Gasteiger partial charge in [0.2, 0.25) is 11.8 Å². The van der Waals surface area contributed by atoms with E-state index in [-0.39, 0.29) is 24.4 Å². The van der Waals surface area contributed by atoms with Crippen molar-refractivity contribution < 1.29 is 14.5 Å². The number of hydrogen-bond donors (Lipinski definition) is 2. The van der Waals surface area contributed by atoms with Crippen molar-refractivity contribution in [3.8, 4) is 0 Å². The van der Waals surface area contributed by atoms with Gasteiger partial charge in [-0.2, -0.15) is 5.10 Å². The Bertz CT molecular complexity index is 837. The Balaban J connectivity index is 1.75. The number of carbonyl (C=O) groups is 2. The zero-order chi connectivity index (χ0) is 18.9. The van der Waals surface area contributed by atoms with Crippen LogP contribution in [-0.2, 0) is 9.59 Å². The molecular weight excluding hydrogens is 404 g/mol. The molecule has 0 saturated carbocycles. The number of para-hydroxylation sites is 1. The van der Waals surface area contributed by atoms with Gasteiger partial charge in [-0.25, -0.2) is 5.43 Å². The smallest absolute Gasteiger partial charge is 0.269 e. The Morgan fingerprint density at radius 3 is 2.38 bits per heavy atom. The number of hydrazone groups is 1. The van der Waals surface area contributed by atoms with E-state index in [1.165, 1.54) is 30.5 Å². The highest BCUT2D eigenvalue weighted by molar-refractivity contribution is 9.10. The average molecular weight is 419 g/mol. The van der Waals surface area contributed by atoms with Gasteiger partial charge in [0.05, 0.1) is 16.8 Å². The average Bonchev–Trinajstić information content (AvgIpc) is 2.62. The minimum Gasteiger partial charge on any atom is -0.325 e. The lowest BCUT2D eigenvalue weighted by Crippen LogP contribution is -2.20. The van der Waals surface area contributed by atoms with Crippen LogP contribution in [0.15, 0.2) is 58.1 Å². The molecule has 0 heterocycles. The summed E-state index contributed by atoms with van der Waals surface area (Å²) in [4.78, 5) is 33.6. The van der Waals surface area contributed by atoms with E-state index in [0.717, 1.165) is 4.47 Å². The molecular formula is C17H15BrN4O4. The number of non-ortho nitro benzene ring substituents is 1. The van der Waals surface area contributed by atoms with Crippen molar-refractivity contribution in [1.29, 1.82) is 0 Å². The predicted octanol–water partition coefficient (Wildman–Crippen LogP) is 3.23. The molecule has 0 aliphatic carbocycles. The molecule has 0 unspecified atom stereocenters.